The Labute approximate surface area is 156 Å². The maximum absolute atomic E-state index is 12.5. The lowest BCUT2D eigenvalue weighted by Crippen LogP contribution is -2.15. The highest BCUT2D eigenvalue weighted by atomic mass is 35.5. The number of aryl methyl sites for hydroxylation is 1. The molecule has 1 N–H and O–H groups in total. The predicted octanol–water partition coefficient (Wildman–Crippen LogP) is 3.82. The van der Waals surface area contributed by atoms with Gasteiger partial charge in [-0.25, -0.2) is 18.4 Å². The van der Waals surface area contributed by atoms with Gasteiger partial charge in [-0.05, 0) is 36.8 Å². The molecule has 0 saturated heterocycles. The molecule has 0 fully saturated rings. The molecule has 2 aromatic carbocycles. The fourth-order valence-electron chi connectivity index (χ4n) is 2.18. The van der Waals surface area contributed by atoms with Crippen LogP contribution < -0.4 is 9.46 Å². The minimum atomic E-state index is -3.80. The van der Waals surface area contributed by atoms with E-state index in [1.54, 1.807) is 30.3 Å². The van der Waals surface area contributed by atoms with E-state index in [4.69, 9.17) is 16.3 Å². The SMILES string of the molecule is Cc1ccc(S(=O)(=O)Nc2nccnc2OCc2cccc(Cl)c2)cc1. The third-order valence-electron chi connectivity index (χ3n) is 3.49. The summed E-state index contributed by atoms with van der Waals surface area (Å²) in [5, 5.41) is 0.588. The van der Waals surface area contributed by atoms with Crippen molar-refractivity contribution in [3.63, 3.8) is 0 Å². The molecule has 0 saturated carbocycles. The molecular formula is C18H16ClN3O3S. The van der Waals surface area contributed by atoms with Crippen molar-refractivity contribution in [3.05, 3.63) is 77.1 Å². The summed E-state index contributed by atoms with van der Waals surface area (Å²) in [6, 6.07) is 13.7. The van der Waals surface area contributed by atoms with E-state index in [1.807, 2.05) is 13.0 Å². The number of nitrogens with one attached hydrogen (secondary N) is 1. The van der Waals surface area contributed by atoms with Crippen LogP contribution in [0.4, 0.5) is 5.82 Å². The molecule has 0 unspecified atom stereocenters. The van der Waals surface area contributed by atoms with Gasteiger partial charge in [-0.15, -0.1) is 0 Å². The summed E-state index contributed by atoms with van der Waals surface area (Å²) >= 11 is 5.95. The second kappa shape index (κ2) is 7.72. The standard InChI is InChI=1S/C18H16ClN3O3S/c1-13-5-7-16(8-6-13)26(23,24)22-17-18(21-10-9-20-17)25-12-14-3-2-4-15(19)11-14/h2-11H,12H2,1H3,(H,20,22). The number of anilines is 1. The van der Waals surface area contributed by atoms with Gasteiger partial charge >= 0.3 is 0 Å². The second-order valence-electron chi connectivity index (χ2n) is 5.55. The van der Waals surface area contributed by atoms with Crippen LogP contribution >= 0.6 is 11.6 Å². The van der Waals surface area contributed by atoms with Crippen molar-refractivity contribution in [2.75, 3.05) is 4.72 Å². The average molecular weight is 390 g/mol. The van der Waals surface area contributed by atoms with Crippen LogP contribution in [0.25, 0.3) is 0 Å². The molecule has 26 heavy (non-hydrogen) atoms. The van der Waals surface area contributed by atoms with Gasteiger partial charge in [0.2, 0.25) is 5.82 Å². The number of sulfonamides is 1. The molecule has 0 atom stereocenters. The normalized spacial score (nSPS) is 11.2. The number of nitrogens with zero attached hydrogens (tertiary/aromatic N) is 2. The highest BCUT2D eigenvalue weighted by molar-refractivity contribution is 7.92. The molecule has 0 aliphatic heterocycles. The molecule has 3 rings (SSSR count). The Morgan fingerprint density at radius 2 is 1.81 bits per heavy atom. The van der Waals surface area contributed by atoms with E-state index in [1.165, 1.54) is 24.5 Å². The Bertz CT molecular complexity index is 1010. The quantitative estimate of drug-likeness (QED) is 0.693. The van der Waals surface area contributed by atoms with Crippen LogP contribution in [0.15, 0.2) is 65.8 Å². The first-order valence-electron chi connectivity index (χ1n) is 7.72. The third kappa shape index (κ3) is 4.50. The number of rotatable bonds is 6. The smallest absolute Gasteiger partial charge is 0.263 e. The van der Waals surface area contributed by atoms with Gasteiger partial charge in [0.1, 0.15) is 6.61 Å². The molecule has 0 spiro atoms. The molecule has 0 amide bonds. The predicted molar refractivity (Wildman–Crippen MR) is 99.8 cm³/mol. The minimum Gasteiger partial charge on any atom is -0.470 e. The van der Waals surface area contributed by atoms with Crippen LogP contribution in [0, 0.1) is 6.92 Å². The first-order valence-corrected chi connectivity index (χ1v) is 9.58. The lowest BCUT2D eigenvalue weighted by Gasteiger charge is -2.12. The summed E-state index contributed by atoms with van der Waals surface area (Å²) in [7, 11) is -3.80. The highest BCUT2D eigenvalue weighted by Gasteiger charge is 2.18. The van der Waals surface area contributed by atoms with Gasteiger partial charge in [0, 0.05) is 17.4 Å². The van der Waals surface area contributed by atoms with E-state index in [-0.39, 0.29) is 23.2 Å². The molecule has 0 bridgehead atoms. The number of hydrogen-bond donors (Lipinski definition) is 1. The van der Waals surface area contributed by atoms with Crippen LogP contribution in [-0.4, -0.2) is 18.4 Å². The zero-order valence-corrected chi connectivity index (χ0v) is 15.5. The van der Waals surface area contributed by atoms with Crippen molar-refractivity contribution in [2.45, 2.75) is 18.4 Å². The Morgan fingerprint density at radius 1 is 1.08 bits per heavy atom. The molecule has 0 radical (unpaired) electrons. The molecule has 134 valence electrons. The second-order valence-corrected chi connectivity index (χ2v) is 7.67. The van der Waals surface area contributed by atoms with Crippen LogP contribution in [0.2, 0.25) is 5.02 Å². The first-order chi connectivity index (χ1) is 12.4. The van der Waals surface area contributed by atoms with Gasteiger partial charge in [0.05, 0.1) is 4.90 Å². The Kier molecular flexibility index (Phi) is 5.39. The fourth-order valence-corrected chi connectivity index (χ4v) is 3.40. The van der Waals surface area contributed by atoms with Crippen molar-refractivity contribution < 1.29 is 13.2 Å². The number of benzene rings is 2. The monoisotopic (exact) mass is 389 g/mol. The van der Waals surface area contributed by atoms with Crippen molar-refractivity contribution >= 4 is 27.4 Å². The van der Waals surface area contributed by atoms with Crippen molar-refractivity contribution in [1.82, 2.24) is 9.97 Å². The van der Waals surface area contributed by atoms with Crippen LogP contribution in [0.5, 0.6) is 5.88 Å². The number of aromatic nitrogens is 2. The van der Waals surface area contributed by atoms with E-state index in [2.05, 4.69) is 14.7 Å². The van der Waals surface area contributed by atoms with Gasteiger partial charge in [-0.2, -0.15) is 0 Å². The van der Waals surface area contributed by atoms with Gasteiger partial charge in [0.25, 0.3) is 15.9 Å². The summed E-state index contributed by atoms with van der Waals surface area (Å²) in [6.07, 6.45) is 2.82. The molecule has 3 aromatic rings. The summed E-state index contributed by atoms with van der Waals surface area (Å²) in [5.74, 6) is 0.110. The van der Waals surface area contributed by atoms with E-state index in [0.29, 0.717) is 5.02 Å². The largest absolute Gasteiger partial charge is 0.470 e. The van der Waals surface area contributed by atoms with Gasteiger partial charge in [0.15, 0.2) is 0 Å². The molecule has 0 aliphatic carbocycles. The summed E-state index contributed by atoms with van der Waals surface area (Å²) in [4.78, 5) is 8.23. The van der Waals surface area contributed by atoms with E-state index in [0.717, 1.165) is 11.1 Å². The lowest BCUT2D eigenvalue weighted by atomic mass is 10.2. The van der Waals surface area contributed by atoms with E-state index in [9.17, 15) is 8.42 Å². The van der Waals surface area contributed by atoms with Crippen molar-refractivity contribution in [1.29, 1.82) is 0 Å². The Morgan fingerprint density at radius 3 is 2.54 bits per heavy atom. The maximum Gasteiger partial charge on any atom is 0.263 e. The summed E-state index contributed by atoms with van der Waals surface area (Å²) in [6.45, 7) is 2.06. The summed E-state index contributed by atoms with van der Waals surface area (Å²) < 4.78 is 33.1. The van der Waals surface area contributed by atoms with Crippen LogP contribution in [-0.2, 0) is 16.6 Å². The van der Waals surface area contributed by atoms with Crippen molar-refractivity contribution in [3.8, 4) is 5.88 Å². The zero-order valence-electron chi connectivity index (χ0n) is 13.9. The number of ether oxygens (including phenoxy) is 1. The third-order valence-corrected chi connectivity index (χ3v) is 5.08. The fraction of sp³-hybridized carbons (Fsp3) is 0.111. The Hall–Kier alpha value is -2.64. The van der Waals surface area contributed by atoms with Gasteiger partial charge < -0.3 is 4.74 Å². The maximum atomic E-state index is 12.5. The topological polar surface area (TPSA) is 81.2 Å². The van der Waals surface area contributed by atoms with Crippen LogP contribution in [0.1, 0.15) is 11.1 Å². The van der Waals surface area contributed by atoms with E-state index >= 15 is 0 Å². The molecule has 0 aliphatic rings. The van der Waals surface area contributed by atoms with Gasteiger partial charge in [-0.3, -0.25) is 4.72 Å². The molecule has 1 aromatic heterocycles. The first kappa shape index (κ1) is 18.2. The number of hydrogen-bond acceptors (Lipinski definition) is 5. The van der Waals surface area contributed by atoms with Gasteiger partial charge in [-0.1, -0.05) is 41.4 Å². The molecular weight excluding hydrogens is 374 g/mol. The lowest BCUT2D eigenvalue weighted by molar-refractivity contribution is 0.294. The highest BCUT2D eigenvalue weighted by Crippen LogP contribution is 2.23. The van der Waals surface area contributed by atoms with Crippen LogP contribution in [0.3, 0.4) is 0 Å². The minimum absolute atomic E-state index is 0.0232. The summed E-state index contributed by atoms with van der Waals surface area (Å²) in [5.41, 5.74) is 1.80. The molecule has 1 heterocycles. The van der Waals surface area contributed by atoms with Crippen molar-refractivity contribution in [2.24, 2.45) is 0 Å². The molecule has 8 heteroatoms. The molecule has 6 nitrogen and oxygen atoms in total. The number of halogens is 1. The average Bonchev–Trinajstić information content (AvgIpc) is 2.61. The van der Waals surface area contributed by atoms with E-state index < -0.39 is 10.0 Å². The Balaban J connectivity index is 1.79. The zero-order chi connectivity index (χ0) is 18.6.